The minimum absolute atomic E-state index is 0.238. The molecule has 1 aromatic carbocycles. The number of benzene rings is 1. The van der Waals surface area contributed by atoms with E-state index in [1.54, 1.807) is 6.20 Å². The molecule has 2 N–H and O–H groups in total. The molecule has 3 rings (SSSR count). The number of rotatable bonds is 4. The van der Waals surface area contributed by atoms with E-state index in [1.165, 1.54) is 5.56 Å². The van der Waals surface area contributed by atoms with Crippen LogP contribution in [0.1, 0.15) is 18.4 Å². The molecule has 120 valence electrons. The van der Waals surface area contributed by atoms with Gasteiger partial charge in [0.25, 0.3) is 0 Å². The molecule has 0 aliphatic carbocycles. The standard InChI is InChI=1S/C17H20N4O2/c1-12-3-2-4-14(11-12)19-17-18-8-5-15(20-17)21-9-6-13(7-10-21)16(22)23/h2-5,8,11,13H,6-7,9-10H2,1H3,(H,22,23)(H,18,19,20). The second-order valence-electron chi connectivity index (χ2n) is 5.83. The molecule has 0 spiro atoms. The van der Waals surface area contributed by atoms with Gasteiger partial charge in [-0.05, 0) is 43.5 Å². The highest BCUT2D eigenvalue weighted by Gasteiger charge is 2.25. The molecule has 1 aliphatic rings. The summed E-state index contributed by atoms with van der Waals surface area (Å²) in [4.78, 5) is 21.9. The normalized spacial score (nSPS) is 15.4. The number of carboxylic acids is 1. The molecule has 0 unspecified atom stereocenters. The molecule has 6 heteroatoms. The number of anilines is 3. The lowest BCUT2D eigenvalue weighted by Crippen LogP contribution is -2.36. The molecule has 6 nitrogen and oxygen atoms in total. The van der Waals surface area contributed by atoms with Gasteiger partial charge in [-0.25, -0.2) is 4.98 Å². The smallest absolute Gasteiger partial charge is 0.306 e. The Balaban J connectivity index is 1.69. The summed E-state index contributed by atoms with van der Waals surface area (Å²) in [5, 5.41) is 12.3. The zero-order valence-corrected chi connectivity index (χ0v) is 13.1. The number of piperidine rings is 1. The molecular weight excluding hydrogens is 292 g/mol. The van der Waals surface area contributed by atoms with E-state index < -0.39 is 5.97 Å². The van der Waals surface area contributed by atoms with Gasteiger partial charge in [0.2, 0.25) is 5.95 Å². The Morgan fingerprint density at radius 3 is 2.78 bits per heavy atom. The van der Waals surface area contributed by atoms with Gasteiger partial charge in [-0.3, -0.25) is 4.79 Å². The van der Waals surface area contributed by atoms with Crippen molar-refractivity contribution in [2.24, 2.45) is 5.92 Å². The SMILES string of the molecule is Cc1cccc(Nc2nccc(N3CCC(C(=O)O)CC3)n2)c1. The van der Waals surface area contributed by atoms with Gasteiger partial charge in [0.1, 0.15) is 5.82 Å². The van der Waals surface area contributed by atoms with Gasteiger partial charge in [0, 0.05) is 25.0 Å². The van der Waals surface area contributed by atoms with E-state index in [4.69, 9.17) is 5.11 Å². The van der Waals surface area contributed by atoms with Crippen molar-refractivity contribution in [2.45, 2.75) is 19.8 Å². The van der Waals surface area contributed by atoms with Gasteiger partial charge in [-0.2, -0.15) is 4.98 Å². The Labute approximate surface area is 135 Å². The fourth-order valence-electron chi connectivity index (χ4n) is 2.79. The number of aliphatic carboxylic acids is 1. The zero-order valence-electron chi connectivity index (χ0n) is 13.1. The highest BCUT2D eigenvalue weighted by molar-refractivity contribution is 5.70. The number of carboxylic acid groups (broad SMARTS) is 1. The summed E-state index contributed by atoms with van der Waals surface area (Å²) in [6, 6.07) is 9.89. The lowest BCUT2D eigenvalue weighted by Gasteiger charge is -2.31. The number of aromatic nitrogens is 2. The summed E-state index contributed by atoms with van der Waals surface area (Å²) >= 11 is 0. The first-order valence-corrected chi connectivity index (χ1v) is 7.76. The monoisotopic (exact) mass is 312 g/mol. The molecule has 1 aliphatic heterocycles. The lowest BCUT2D eigenvalue weighted by molar-refractivity contribution is -0.142. The highest BCUT2D eigenvalue weighted by atomic mass is 16.4. The maximum Gasteiger partial charge on any atom is 0.306 e. The van der Waals surface area contributed by atoms with Crippen LogP contribution in [0.4, 0.5) is 17.5 Å². The molecule has 1 saturated heterocycles. The predicted molar refractivity (Wildman–Crippen MR) is 89.1 cm³/mol. The van der Waals surface area contributed by atoms with Crippen molar-refractivity contribution in [3.8, 4) is 0 Å². The summed E-state index contributed by atoms with van der Waals surface area (Å²) in [5.41, 5.74) is 2.12. The minimum atomic E-state index is -0.700. The third-order valence-corrected chi connectivity index (χ3v) is 4.08. The molecule has 1 fully saturated rings. The van der Waals surface area contributed by atoms with Crippen LogP contribution in [-0.4, -0.2) is 34.1 Å². The van der Waals surface area contributed by atoms with Gasteiger partial charge < -0.3 is 15.3 Å². The fraction of sp³-hybridized carbons (Fsp3) is 0.353. The first-order valence-electron chi connectivity index (χ1n) is 7.76. The Morgan fingerprint density at radius 2 is 2.09 bits per heavy atom. The Bertz CT molecular complexity index is 696. The van der Waals surface area contributed by atoms with E-state index >= 15 is 0 Å². The Kier molecular flexibility index (Phi) is 4.41. The zero-order chi connectivity index (χ0) is 16.2. The molecule has 0 atom stereocenters. The van der Waals surface area contributed by atoms with Crippen LogP contribution in [0.3, 0.4) is 0 Å². The molecule has 2 heterocycles. The Hall–Kier alpha value is -2.63. The average molecular weight is 312 g/mol. The third kappa shape index (κ3) is 3.77. The van der Waals surface area contributed by atoms with Crippen molar-refractivity contribution in [2.75, 3.05) is 23.3 Å². The molecule has 0 amide bonds. The summed E-state index contributed by atoms with van der Waals surface area (Å²) in [6.07, 6.45) is 3.03. The molecule has 1 aromatic heterocycles. The molecule has 0 saturated carbocycles. The summed E-state index contributed by atoms with van der Waals surface area (Å²) in [7, 11) is 0. The van der Waals surface area contributed by atoms with Gasteiger partial charge in [-0.15, -0.1) is 0 Å². The number of nitrogens with zero attached hydrogens (tertiary/aromatic N) is 3. The van der Waals surface area contributed by atoms with Gasteiger partial charge in [0.05, 0.1) is 5.92 Å². The van der Waals surface area contributed by atoms with Crippen LogP contribution in [-0.2, 0) is 4.79 Å². The van der Waals surface area contributed by atoms with Gasteiger partial charge in [-0.1, -0.05) is 12.1 Å². The average Bonchev–Trinajstić information content (AvgIpc) is 2.55. The number of hydrogen-bond donors (Lipinski definition) is 2. The predicted octanol–water partition coefficient (Wildman–Crippen LogP) is 2.83. The van der Waals surface area contributed by atoms with Crippen molar-refractivity contribution >= 4 is 23.4 Å². The number of carbonyl (C=O) groups is 1. The van der Waals surface area contributed by atoms with Crippen molar-refractivity contribution in [3.05, 3.63) is 42.1 Å². The second kappa shape index (κ2) is 6.64. The van der Waals surface area contributed by atoms with Crippen molar-refractivity contribution in [1.82, 2.24) is 9.97 Å². The topological polar surface area (TPSA) is 78.4 Å². The quantitative estimate of drug-likeness (QED) is 0.904. The van der Waals surface area contributed by atoms with Crippen LogP contribution < -0.4 is 10.2 Å². The van der Waals surface area contributed by atoms with E-state index in [1.807, 2.05) is 37.3 Å². The van der Waals surface area contributed by atoms with E-state index in [0.29, 0.717) is 31.9 Å². The van der Waals surface area contributed by atoms with Crippen LogP contribution in [0.2, 0.25) is 0 Å². The van der Waals surface area contributed by atoms with Crippen LogP contribution in [0.25, 0.3) is 0 Å². The maximum atomic E-state index is 11.0. The number of nitrogens with one attached hydrogen (secondary N) is 1. The van der Waals surface area contributed by atoms with Gasteiger partial charge in [0.15, 0.2) is 0 Å². The van der Waals surface area contributed by atoms with Crippen LogP contribution in [0.5, 0.6) is 0 Å². The van der Waals surface area contributed by atoms with E-state index in [2.05, 4.69) is 20.2 Å². The second-order valence-corrected chi connectivity index (χ2v) is 5.83. The number of hydrogen-bond acceptors (Lipinski definition) is 5. The van der Waals surface area contributed by atoms with Crippen LogP contribution in [0, 0.1) is 12.8 Å². The number of aryl methyl sites for hydroxylation is 1. The fourth-order valence-corrected chi connectivity index (χ4v) is 2.79. The summed E-state index contributed by atoms with van der Waals surface area (Å²) < 4.78 is 0. The molecular formula is C17H20N4O2. The van der Waals surface area contributed by atoms with E-state index in [9.17, 15) is 4.79 Å². The molecule has 0 radical (unpaired) electrons. The minimum Gasteiger partial charge on any atom is -0.481 e. The van der Waals surface area contributed by atoms with E-state index in [0.717, 1.165) is 11.5 Å². The first kappa shape index (κ1) is 15.3. The molecule has 2 aromatic rings. The van der Waals surface area contributed by atoms with Crippen molar-refractivity contribution < 1.29 is 9.90 Å². The summed E-state index contributed by atoms with van der Waals surface area (Å²) in [5.74, 6) is 0.444. The largest absolute Gasteiger partial charge is 0.481 e. The third-order valence-electron chi connectivity index (χ3n) is 4.08. The van der Waals surface area contributed by atoms with Gasteiger partial charge >= 0.3 is 5.97 Å². The van der Waals surface area contributed by atoms with Crippen LogP contribution >= 0.6 is 0 Å². The van der Waals surface area contributed by atoms with Crippen molar-refractivity contribution in [1.29, 1.82) is 0 Å². The van der Waals surface area contributed by atoms with E-state index in [-0.39, 0.29) is 5.92 Å². The highest BCUT2D eigenvalue weighted by Crippen LogP contribution is 2.23. The van der Waals surface area contributed by atoms with Crippen molar-refractivity contribution in [3.63, 3.8) is 0 Å². The maximum absolute atomic E-state index is 11.0. The summed E-state index contributed by atoms with van der Waals surface area (Å²) in [6.45, 7) is 3.45. The lowest BCUT2D eigenvalue weighted by atomic mass is 9.97. The molecule has 23 heavy (non-hydrogen) atoms. The Morgan fingerprint density at radius 1 is 1.30 bits per heavy atom. The first-order chi connectivity index (χ1) is 11.1. The van der Waals surface area contributed by atoms with Crippen LogP contribution in [0.15, 0.2) is 36.5 Å². The molecule has 0 bridgehead atoms.